The van der Waals surface area contributed by atoms with Gasteiger partial charge in [-0.1, -0.05) is 67.6 Å². The first-order valence-corrected chi connectivity index (χ1v) is 6.19. The van der Waals surface area contributed by atoms with Crippen molar-refractivity contribution in [2.24, 2.45) is 5.92 Å². The summed E-state index contributed by atoms with van der Waals surface area (Å²) in [5, 5.41) is 0. The van der Waals surface area contributed by atoms with Gasteiger partial charge in [0.1, 0.15) is 0 Å². The summed E-state index contributed by atoms with van der Waals surface area (Å²) in [6.45, 7) is 2.38. The number of hydrogen-bond donors (Lipinski definition) is 0. The molecular weight excluding hydrogens is 204 g/mol. The quantitative estimate of drug-likeness (QED) is 0.630. The van der Waals surface area contributed by atoms with Crippen LogP contribution in [0, 0.1) is 5.92 Å². The highest BCUT2D eigenvalue weighted by molar-refractivity contribution is 5.81. The van der Waals surface area contributed by atoms with E-state index >= 15 is 0 Å². The predicted octanol–water partition coefficient (Wildman–Crippen LogP) is 4.16. The molecule has 0 heteroatoms. The first-order valence-electron chi connectivity index (χ1n) is 6.19. The molecule has 0 heterocycles. The number of rotatable bonds is 1. The maximum absolute atomic E-state index is 2.38. The summed E-state index contributed by atoms with van der Waals surface area (Å²) in [4.78, 5) is 0. The molecule has 0 aliphatic heterocycles. The van der Waals surface area contributed by atoms with Crippen molar-refractivity contribution >= 4 is 0 Å². The lowest BCUT2D eigenvalue weighted by Gasteiger charge is -2.27. The van der Waals surface area contributed by atoms with Gasteiger partial charge in [0.2, 0.25) is 0 Å². The molecule has 0 bridgehead atoms. The zero-order valence-corrected chi connectivity index (χ0v) is 9.85. The van der Waals surface area contributed by atoms with E-state index < -0.39 is 0 Å². The van der Waals surface area contributed by atoms with Crippen LogP contribution in [0.2, 0.25) is 0 Å². The highest BCUT2D eigenvalue weighted by atomic mass is 14.5. The third-order valence-electron chi connectivity index (χ3n) is 4.31. The predicted molar refractivity (Wildman–Crippen MR) is 71.0 cm³/mol. The summed E-state index contributed by atoms with van der Waals surface area (Å²) in [7, 11) is 0. The van der Waals surface area contributed by atoms with E-state index in [2.05, 4.69) is 67.6 Å². The Kier molecular flexibility index (Phi) is 1.57. The van der Waals surface area contributed by atoms with Crippen LogP contribution in [0.1, 0.15) is 18.1 Å². The van der Waals surface area contributed by atoms with Gasteiger partial charge in [-0.3, -0.25) is 0 Å². The molecule has 17 heavy (non-hydrogen) atoms. The molecule has 0 fully saturated rings. The summed E-state index contributed by atoms with van der Waals surface area (Å²) in [5.41, 5.74) is 5.96. The average molecular weight is 218 g/mol. The topological polar surface area (TPSA) is 0 Å². The third kappa shape index (κ3) is 1.03. The molecular formula is C17H14. The number of allylic oxidation sites excluding steroid dienone is 2. The lowest BCUT2D eigenvalue weighted by atomic mass is 9.75. The van der Waals surface area contributed by atoms with Crippen LogP contribution in [0.25, 0.3) is 11.1 Å². The van der Waals surface area contributed by atoms with E-state index in [1.807, 2.05) is 0 Å². The average Bonchev–Trinajstić information content (AvgIpc) is 3.20. The van der Waals surface area contributed by atoms with Gasteiger partial charge in [-0.2, -0.15) is 0 Å². The Morgan fingerprint density at radius 3 is 1.71 bits per heavy atom. The Balaban J connectivity index is 2.09. The Hall–Kier alpha value is -1.82. The van der Waals surface area contributed by atoms with Crippen LogP contribution in [0.5, 0.6) is 0 Å². The van der Waals surface area contributed by atoms with E-state index in [9.17, 15) is 0 Å². The maximum atomic E-state index is 2.38. The zero-order valence-electron chi connectivity index (χ0n) is 9.85. The van der Waals surface area contributed by atoms with E-state index in [1.54, 1.807) is 0 Å². The van der Waals surface area contributed by atoms with Crippen LogP contribution < -0.4 is 0 Å². The summed E-state index contributed by atoms with van der Waals surface area (Å²) in [6.07, 6.45) is 4.64. The van der Waals surface area contributed by atoms with Gasteiger partial charge in [-0.05, 0) is 22.3 Å². The van der Waals surface area contributed by atoms with Gasteiger partial charge >= 0.3 is 0 Å². The van der Waals surface area contributed by atoms with E-state index in [1.165, 1.54) is 22.3 Å². The fraction of sp³-hybridized carbons (Fsp3) is 0.176. The smallest absolute Gasteiger partial charge is 0.0284 e. The summed E-state index contributed by atoms with van der Waals surface area (Å²) in [6, 6.07) is 17.7. The largest absolute Gasteiger partial charge is 0.0798 e. The standard InChI is InChI=1S/C17H14/c1-17(12-10-11-12)15-8-4-2-6-13(15)14-7-3-5-9-16(14)17/h2-12H,1H3. The lowest BCUT2D eigenvalue weighted by molar-refractivity contribution is 0.541. The van der Waals surface area contributed by atoms with Crippen molar-refractivity contribution in [1.82, 2.24) is 0 Å². The molecule has 2 aliphatic carbocycles. The van der Waals surface area contributed by atoms with Crippen LogP contribution in [0.3, 0.4) is 0 Å². The first kappa shape index (κ1) is 9.23. The van der Waals surface area contributed by atoms with Crippen molar-refractivity contribution in [3.63, 3.8) is 0 Å². The Morgan fingerprint density at radius 1 is 0.765 bits per heavy atom. The lowest BCUT2D eigenvalue weighted by Crippen LogP contribution is -2.24. The Labute approximate surface area is 102 Å². The van der Waals surface area contributed by atoms with E-state index in [0.717, 1.165) is 0 Å². The monoisotopic (exact) mass is 218 g/mol. The normalized spacial score (nSPS) is 18.9. The summed E-state index contributed by atoms with van der Waals surface area (Å²) < 4.78 is 0. The molecule has 0 aromatic heterocycles. The molecule has 0 atom stereocenters. The van der Waals surface area contributed by atoms with Crippen LogP contribution in [0.4, 0.5) is 0 Å². The molecule has 0 nitrogen and oxygen atoms in total. The number of benzene rings is 2. The SMILES string of the molecule is CC1(C2C=C2)c2ccccc2-c2ccccc21. The molecule has 2 aromatic rings. The molecule has 2 aromatic carbocycles. The molecule has 0 unspecified atom stereocenters. The minimum atomic E-state index is 0.160. The molecule has 82 valence electrons. The van der Waals surface area contributed by atoms with Gasteiger partial charge in [0, 0.05) is 11.3 Å². The molecule has 0 amide bonds. The van der Waals surface area contributed by atoms with Crippen molar-refractivity contribution in [3.8, 4) is 11.1 Å². The number of fused-ring (bicyclic) bond motifs is 3. The number of hydrogen-bond acceptors (Lipinski definition) is 0. The van der Waals surface area contributed by atoms with Crippen molar-refractivity contribution in [3.05, 3.63) is 71.8 Å². The maximum Gasteiger partial charge on any atom is 0.0284 e. The highest BCUT2D eigenvalue weighted by Crippen LogP contribution is 2.55. The molecule has 2 aliphatic rings. The summed E-state index contributed by atoms with van der Waals surface area (Å²) in [5.74, 6) is 0.604. The fourth-order valence-corrected chi connectivity index (χ4v) is 3.29. The second-order valence-corrected chi connectivity index (χ2v) is 5.20. The van der Waals surface area contributed by atoms with Gasteiger partial charge in [0.15, 0.2) is 0 Å². The van der Waals surface area contributed by atoms with Gasteiger partial charge in [-0.25, -0.2) is 0 Å². The molecule has 0 radical (unpaired) electrons. The highest BCUT2D eigenvalue weighted by Gasteiger charge is 2.45. The second kappa shape index (κ2) is 2.89. The van der Waals surface area contributed by atoms with Crippen LogP contribution in [0.15, 0.2) is 60.7 Å². The second-order valence-electron chi connectivity index (χ2n) is 5.20. The van der Waals surface area contributed by atoms with Gasteiger partial charge in [-0.15, -0.1) is 0 Å². The van der Waals surface area contributed by atoms with E-state index in [4.69, 9.17) is 0 Å². The minimum Gasteiger partial charge on any atom is -0.0798 e. The third-order valence-corrected chi connectivity index (χ3v) is 4.31. The van der Waals surface area contributed by atoms with Crippen molar-refractivity contribution in [1.29, 1.82) is 0 Å². The molecule has 0 saturated heterocycles. The summed E-state index contributed by atoms with van der Waals surface area (Å²) >= 11 is 0. The van der Waals surface area contributed by atoms with Gasteiger partial charge in [0.25, 0.3) is 0 Å². The first-order chi connectivity index (χ1) is 8.32. The van der Waals surface area contributed by atoms with Crippen LogP contribution in [-0.2, 0) is 5.41 Å². The molecule has 0 spiro atoms. The van der Waals surface area contributed by atoms with Crippen LogP contribution in [-0.4, -0.2) is 0 Å². The molecule has 0 saturated carbocycles. The van der Waals surface area contributed by atoms with E-state index in [-0.39, 0.29) is 5.41 Å². The van der Waals surface area contributed by atoms with Crippen molar-refractivity contribution < 1.29 is 0 Å². The molecule has 0 N–H and O–H groups in total. The van der Waals surface area contributed by atoms with Crippen LogP contribution >= 0.6 is 0 Å². The van der Waals surface area contributed by atoms with E-state index in [0.29, 0.717) is 5.92 Å². The molecule has 4 rings (SSSR count). The van der Waals surface area contributed by atoms with Gasteiger partial charge in [0.05, 0.1) is 0 Å². The Bertz CT molecular complexity index is 582. The zero-order chi connectivity index (χ0) is 11.5. The Morgan fingerprint density at radius 2 is 1.24 bits per heavy atom. The minimum absolute atomic E-state index is 0.160. The fourth-order valence-electron chi connectivity index (χ4n) is 3.29. The van der Waals surface area contributed by atoms with Crippen molar-refractivity contribution in [2.45, 2.75) is 12.3 Å². The van der Waals surface area contributed by atoms with Crippen molar-refractivity contribution in [2.75, 3.05) is 0 Å². The van der Waals surface area contributed by atoms with Gasteiger partial charge < -0.3 is 0 Å².